The molecule has 0 aliphatic heterocycles. The van der Waals surface area contributed by atoms with Crippen molar-refractivity contribution in [2.75, 3.05) is 19.8 Å². The molecule has 2 aromatic heterocycles. The predicted molar refractivity (Wildman–Crippen MR) is 169 cm³/mol. The van der Waals surface area contributed by atoms with Crippen LogP contribution in [0, 0.1) is 0 Å². The van der Waals surface area contributed by atoms with E-state index in [0.717, 1.165) is 59.6 Å². The third-order valence-electron chi connectivity index (χ3n) is 7.64. The number of rotatable bonds is 16. The molecular formula is C33H41N7O5. The third kappa shape index (κ3) is 8.41. The summed E-state index contributed by atoms with van der Waals surface area (Å²) >= 11 is 0. The second kappa shape index (κ2) is 16.1. The SMILES string of the molecule is C=NOCCOC1(OCC)CCCCCc2c1nnn2CCn1nnc(COCc2ccc(O)cc2)c1/C=C/c1ccccc1. The fraction of sp³-hybridized carbons (Fsp3) is 0.424. The summed E-state index contributed by atoms with van der Waals surface area (Å²) in [6.07, 6.45) is 8.61. The highest BCUT2D eigenvalue weighted by atomic mass is 16.7. The van der Waals surface area contributed by atoms with Crippen LogP contribution in [-0.4, -0.2) is 61.6 Å². The van der Waals surface area contributed by atoms with E-state index < -0.39 is 5.79 Å². The second-order valence-corrected chi connectivity index (χ2v) is 10.7. The maximum Gasteiger partial charge on any atom is 0.216 e. The van der Waals surface area contributed by atoms with Crippen LogP contribution >= 0.6 is 0 Å². The third-order valence-corrected chi connectivity index (χ3v) is 7.64. The number of aromatic nitrogens is 6. The highest BCUT2D eigenvalue weighted by Crippen LogP contribution is 2.36. The maximum atomic E-state index is 9.56. The molecule has 1 unspecified atom stereocenters. The molecule has 5 rings (SSSR count). The van der Waals surface area contributed by atoms with Gasteiger partial charge in [0.15, 0.2) is 0 Å². The number of hydrogen-bond acceptors (Lipinski definition) is 10. The monoisotopic (exact) mass is 615 g/mol. The Balaban J connectivity index is 1.35. The molecule has 2 heterocycles. The van der Waals surface area contributed by atoms with Crippen molar-refractivity contribution in [2.24, 2.45) is 5.16 Å². The van der Waals surface area contributed by atoms with Crippen LogP contribution in [0.25, 0.3) is 12.2 Å². The van der Waals surface area contributed by atoms with E-state index in [1.54, 1.807) is 12.1 Å². The number of phenols is 1. The Morgan fingerprint density at radius 2 is 1.71 bits per heavy atom. The molecule has 1 aliphatic carbocycles. The van der Waals surface area contributed by atoms with Gasteiger partial charge >= 0.3 is 0 Å². The van der Waals surface area contributed by atoms with Crippen LogP contribution in [0.1, 0.15) is 66.5 Å². The summed E-state index contributed by atoms with van der Waals surface area (Å²) in [5.74, 6) is -0.770. The average Bonchev–Trinajstić information content (AvgIpc) is 3.64. The predicted octanol–water partition coefficient (Wildman–Crippen LogP) is 5.12. The van der Waals surface area contributed by atoms with E-state index in [9.17, 15) is 5.11 Å². The summed E-state index contributed by atoms with van der Waals surface area (Å²) < 4.78 is 22.4. The first-order chi connectivity index (χ1) is 22.1. The van der Waals surface area contributed by atoms with Gasteiger partial charge in [0.1, 0.15) is 23.7 Å². The fourth-order valence-electron chi connectivity index (χ4n) is 5.46. The van der Waals surface area contributed by atoms with Crippen LogP contribution in [0.4, 0.5) is 0 Å². The first-order valence-corrected chi connectivity index (χ1v) is 15.4. The normalized spacial score (nSPS) is 16.7. The lowest BCUT2D eigenvalue weighted by Gasteiger charge is -2.33. The summed E-state index contributed by atoms with van der Waals surface area (Å²) in [6, 6.07) is 17.1. The summed E-state index contributed by atoms with van der Waals surface area (Å²) in [7, 11) is 0. The molecule has 45 heavy (non-hydrogen) atoms. The number of aromatic hydroxyl groups is 1. The van der Waals surface area contributed by atoms with Crippen LogP contribution in [0.3, 0.4) is 0 Å². The van der Waals surface area contributed by atoms with Crippen LogP contribution in [-0.2, 0) is 57.6 Å². The molecule has 0 spiro atoms. The number of hydrogen-bond donors (Lipinski definition) is 1. The van der Waals surface area contributed by atoms with Crippen molar-refractivity contribution in [3.8, 4) is 5.75 Å². The van der Waals surface area contributed by atoms with E-state index in [-0.39, 0.29) is 19.0 Å². The average molecular weight is 616 g/mol. The number of phenolic OH excluding ortho intramolecular Hbond substituents is 1. The summed E-state index contributed by atoms with van der Waals surface area (Å²) in [5.41, 5.74) is 5.35. The lowest BCUT2D eigenvalue weighted by Crippen LogP contribution is -2.37. The molecule has 0 fully saturated rings. The zero-order chi connectivity index (χ0) is 31.3. The van der Waals surface area contributed by atoms with Crippen molar-refractivity contribution >= 4 is 18.9 Å². The topological polar surface area (TPSA) is 131 Å². The Bertz CT molecular complexity index is 1520. The quantitative estimate of drug-likeness (QED) is 0.0790. The van der Waals surface area contributed by atoms with Gasteiger partial charge in [-0.2, -0.15) is 0 Å². The van der Waals surface area contributed by atoms with Crippen LogP contribution in [0.15, 0.2) is 59.8 Å². The van der Waals surface area contributed by atoms with Gasteiger partial charge in [-0.05, 0) is 55.5 Å². The standard InChI is InChI=1S/C33H41N7O5/c1-3-43-33(44-22-23-45-34-2)19-9-5-8-12-31-32(33)36-38-40(31)21-20-39-30(18-15-26-10-6-4-7-11-26)29(35-37-39)25-42-24-27-13-16-28(41)17-14-27/h4,6-7,10-11,13-18,41H,2-3,5,8-9,12,19-25H2,1H3/b18-15+. The number of benzene rings is 2. The first kappa shape index (κ1) is 32.0. The summed E-state index contributed by atoms with van der Waals surface area (Å²) in [4.78, 5) is 5.05. The minimum atomic E-state index is -0.994. The van der Waals surface area contributed by atoms with Crippen LogP contribution in [0.2, 0.25) is 0 Å². The molecule has 1 atom stereocenters. The zero-order valence-electron chi connectivity index (χ0n) is 25.8. The number of aryl methyl sites for hydroxylation is 2. The fourth-order valence-corrected chi connectivity index (χ4v) is 5.46. The summed E-state index contributed by atoms with van der Waals surface area (Å²) in [5, 5.41) is 31.2. The van der Waals surface area contributed by atoms with Gasteiger partial charge < -0.3 is 24.2 Å². The molecular weight excluding hydrogens is 574 g/mol. The van der Waals surface area contributed by atoms with E-state index >= 15 is 0 Å². The van der Waals surface area contributed by atoms with Crippen LogP contribution in [0.5, 0.6) is 5.75 Å². The highest BCUT2D eigenvalue weighted by molar-refractivity contribution is 5.68. The minimum absolute atomic E-state index is 0.224. The van der Waals surface area contributed by atoms with Crippen molar-refractivity contribution in [3.63, 3.8) is 0 Å². The van der Waals surface area contributed by atoms with Gasteiger partial charge in [-0.1, -0.05) is 65.4 Å². The van der Waals surface area contributed by atoms with Gasteiger partial charge in [-0.15, -0.1) is 15.4 Å². The molecule has 1 N–H and O–H groups in total. The van der Waals surface area contributed by atoms with Gasteiger partial charge in [0.25, 0.3) is 0 Å². The Morgan fingerprint density at radius 1 is 0.911 bits per heavy atom. The van der Waals surface area contributed by atoms with E-state index in [1.165, 1.54) is 0 Å². The second-order valence-electron chi connectivity index (χ2n) is 10.7. The van der Waals surface area contributed by atoms with E-state index in [2.05, 4.69) is 32.5 Å². The van der Waals surface area contributed by atoms with Gasteiger partial charge in [-0.3, -0.25) is 0 Å². The Morgan fingerprint density at radius 3 is 2.51 bits per heavy atom. The number of oxime groups is 1. The molecule has 2 aromatic carbocycles. The largest absolute Gasteiger partial charge is 0.508 e. The van der Waals surface area contributed by atoms with Gasteiger partial charge in [0.05, 0.1) is 44.3 Å². The molecule has 4 aromatic rings. The number of fused-ring (bicyclic) bond motifs is 1. The van der Waals surface area contributed by atoms with Crippen molar-refractivity contribution in [1.82, 2.24) is 30.0 Å². The Hall–Kier alpha value is -4.39. The van der Waals surface area contributed by atoms with E-state index in [1.807, 2.05) is 70.9 Å². The van der Waals surface area contributed by atoms with E-state index in [4.69, 9.17) is 19.0 Å². The smallest absolute Gasteiger partial charge is 0.216 e. The van der Waals surface area contributed by atoms with Crippen LogP contribution < -0.4 is 0 Å². The van der Waals surface area contributed by atoms with Gasteiger partial charge in [0.2, 0.25) is 5.79 Å². The lowest BCUT2D eigenvalue weighted by atomic mass is 9.95. The zero-order valence-corrected chi connectivity index (χ0v) is 25.8. The van der Waals surface area contributed by atoms with Crippen molar-refractivity contribution < 1.29 is 24.2 Å². The van der Waals surface area contributed by atoms with Gasteiger partial charge in [-0.25, -0.2) is 9.36 Å². The minimum Gasteiger partial charge on any atom is -0.508 e. The molecule has 0 radical (unpaired) electrons. The number of nitrogens with zero attached hydrogens (tertiary/aromatic N) is 7. The molecule has 0 saturated carbocycles. The molecule has 1 aliphatic rings. The van der Waals surface area contributed by atoms with Crippen molar-refractivity contribution in [2.45, 2.75) is 71.1 Å². The van der Waals surface area contributed by atoms with E-state index in [0.29, 0.717) is 39.3 Å². The summed E-state index contributed by atoms with van der Waals surface area (Å²) in [6.45, 7) is 8.09. The number of ether oxygens (including phenoxy) is 3. The molecule has 12 heteroatoms. The van der Waals surface area contributed by atoms with Gasteiger partial charge in [0, 0.05) is 19.7 Å². The Labute approximate surface area is 263 Å². The van der Waals surface area contributed by atoms with Crippen molar-refractivity contribution in [1.29, 1.82) is 0 Å². The van der Waals surface area contributed by atoms with Crippen molar-refractivity contribution in [3.05, 3.63) is 88.5 Å². The lowest BCUT2D eigenvalue weighted by molar-refractivity contribution is -0.257. The Kier molecular flexibility index (Phi) is 11.4. The highest BCUT2D eigenvalue weighted by Gasteiger charge is 2.40. The first-order valence-electron chi connectivity index (χ1n) is 15.4. The molecule has 238 valence electrons. The molecule has 0 amide bonds. The molecule has 12 nitrogen and oxygen atoms in total. The maximum absolute atomic E-state index is 9.56. The molecule has 0 bridgehead atoms. The molecule has 0 saturated heterocycles.